The molecule has 0 saturated carbocycles. The molecule has 16 heavy (non-hydrogen) atoms. The first-order valence-electron chi connectivity index (χ1n) is 5.25. The lowest BCUT2D eigenvalue weighted by molar-refractivity contribution is 0.296. The number of nitrogens with zero attached hydrogens (tertiary/aromatic N) is 1. The third kappa shape index (κ3) is 5.52. The molecule has 3 nitrogen and oxygen atoms in total. The van der Waals surface area contributed by atoms with Crippen LogP contribution in [0.1, 0.15) is 16.2 Å². The Bertz CT molecular complexity index is 333. The Morgan fingerprint density at radius 1 is 1.44 bits per heavy atom. The second-order valence-corrected chi connectivity index (χ2v) is 5.64. The molecule has 1 rings (SSSR count). The van der Waals surface area contributed by atoms with Crippen molar-refractivity contribution < 1.29 is 5.11 Å². The van der Waals surface area contributed by atoms with Gasteiger partial charge in [-0.15, -0.1) is 11.3 Å². The molecule has 0 aliphatic carbocycles. The van der Waals surface area contributed by atoms with Crippen molar-refractivity contribution in [2.75, 3.05) is 24.7 Å². The van der Waals surface area contributed by atoms with Gasteiger partial charge < -0.3 is 10.4 Å². The summed E-state index contributed by atoms with van der Waals surface area (Å²) in [5.74, 6) is 2.09. The number of nitriles is 1. The van der Waals surface area contributed by atoms with Gasteiger partial charge in [0.15, 0.2) is 0 Å². The molecule has 0 fully saturated rings. The average Bonchev–Trinajstić information content (AvgIpc) is 2.76. The highest BCUT2D eigenvalue weighted by Gasteiger charge is 1.98. The van der Waals surface area contributed by atoms with Crippen LogP contribution < -0.4 is 5.32 Å². The number of thiophene rings is 1. The first-order valence-corrected chi connectivity index (χ1v) is 7.22. The largest absolute Gasteiger partial charge is 0.396 e. The van der Waals surface area contributed by atoms with Crippen molar-refractivity contribution >= 4 is 23.1 Å². The zero-order valence-corrected chi connectivity index (χ0v) is 10.7. The van der Waals surface area contributed by atoms with Gasteiger partial charge in [0, 0.05) is 30.3 Å². The van der Waals surface area contributed by atoms with Gasteiger partial charge in [-0.05, 0) is 24.3 Å². The number of rotatable bonds is 8. The minimum Gasteiger partial charge on any atom is -0.396 e. The Morgan fingerprint density at radius 2 is 2.31 bits per heavy atom. The van der Waals surface area contributed by atoms with Gasteiger partial charge in [-0.25, -0.2) is 0 Å². The Kier molecular flexibility index (Phi) is 7.26. The quantitative estimate of drug-likeness (QED) is 0.697. The van der Waals surface area contributed by atoms with Gasteiger partial charge in [-0.3, -0.25) is 0 Å². The molecule has 0 aliphatic rings. The lowest BCUT2D eigenvalue weighted by Gasteiger charge is -2.02. The lowest BCUT2D eigenvalue weighted by atomic mass is 10.4. The highest BCUT2D eigenvalue weighted by Crippen LogP contribution is 2.14. The summed E-state index contributed by atoms with van der Waals surface area (Å²) in [6, 6.07) is 5.99. The zero-order chi connectivity index (χ0) is 11.6. The van der Waals surface area contributed by atoms with E-state index in [2.05, 4.69) is 11.4 Å². The fourth-order valence-corrected chi connectivity index (χ4v) is 2.76. The summed E-state index contributed by atoms with van der Waals surface area (Å²) in [7, 11) is 0. The highest BCUT2D eigenvalue weighted by molar-refractivity contribution is 7.99. The minimum absolute atomic E-state index is 0.284. The van der Waals surface area contributed by atoms with Crippen LogP contribution in [0.5, 0.6) is 0 Å². The Labute approximate surface area is 104 Å². The normalized spacial score (nSPS) is 10.2. The van der Waals surface area contributed by atoms with Crippen LogP contribution in [-0.2, 0) is 6.54 Å². The topological polar surface area (TPSA) is 56.0 Å². The summed E-state index contributed by atoms with van der Waals surface area (Å²) in [6.45, 7) is 2.09. The van der Waals surface area contributed by atoms with E-state index in [-0.39, 0.29) is 6.61 Å². The molecular weight excluding hydrogens is 240 g/mol. The van der Waals surface area contributed by atoms with Crippen molar-refractivity contribution in [1.29, 1.82) is 5.26 Å². The van der Waals surface area contributed by atoms with Gasteiger partial charge in [0.25, 0.3) is 0 Å². The van der Waals surface area contributed by atoms with Crippen LogP contribution in [0.15, 0.2) is 12.1 Å². The van der Waals surface area contributed by atoms with Crippen LogP contribution in [-0.4, -0.2) is 29.8 Å². The van der Waals surface area contributed by atoms with Crippen molar-refractivity contribution in [2.24, 2.45) is 0 Å². The maximum atomic E-state index is 8.66. The molecule has 0 unspecified atom stereocenters. The first-order chi connectivity index (χ1) is 7.86. The Morgan fingerprint density at radius 3 is 3.00 bits per heavy atom. The fourth-order valence-electron chi connectivity index (χ4n) is 1.16. The van der Waals surface area contributed by atoms with Crippen LogP contribution >= 0.6 is 23.1 Å². The van der Waals surface area contributed by atoms with E-state index in [0.29, 0.717) is 0 Å². The van der Waals surface area contributed by atoms with E-state index in [1.54, 1.807) is 11.3 Å². The van der Waals surface area contributed by atoms with E-state index in [1.165, 1.54) is 4.88 Å². The lowest BCUT2D eigenvalue weighted by Crippen LogP contribution is -2.15. The number of hydrogen-bond acceptors (Lipinski definition) is 5. The van der Waals surface area contributed by atoms with E-state index >= 15 is 0 Å². The average molecular weight is 256 g/mol. The van der Waals surface area contributed by atoms with Crippen LogP contribution in [0, 0.1) is 11.3 Å². The van der Waals surface area contributed by atoms with Gasteiger partial charge >= 0.3 is 0 Å². The van der Waals surface area contributed by atoms with Gasteiger partial charge in [-0.1, -0.05) is 0 Å². The van der Waals surface area contributed by atoms with Gasteiger partial charge in [0.05, 0.1) is 0 Å². The molecule has 88 valence electrons. The predicted octanol–water partition coefficient (Wildman–Crippen LogP) is 1.82. The van der Waals surface area contributed by atoms with E-state index in [9.17, 15) is 0 Å². The standard InChI is InChI=1S/C11H16N2OS2/c12-8-10-2-3-11(16-10)9-13-4-7-15-6-1-5-14/h2-3,13-14H,1,4-7,9H2. The maximum Gasteiger partial charge on any atom is 0.110 e. The Hall–Kier alpha value is -0.540. The third-order valence-corrected chi connectivity index (χ3v) is 4.00. The predicted molar refractivity (Wildman–Crippen MR) is 69.8 cm³/mol. The third-order valence-electron chi connectivity index (χ3n) is 1.94. The monoisotopic (exact) mass is 256 g/mol. The molecule has 0 aliphatic heterocycles. The van der Waals surface area contributed by atoms with Gasteiger partial charge in [0.1, 0.15) is 10.9 Å². The number of aliphatic hydroxyl groups is 1. The maximum absolute atomic E-state index is 8.66. The second-order valence-electron chi connectivity index (χ2n) is 3.24. The number of thioether (sulfide) groups is 1. The molecule has 0 atom stereocenters. The molecule has 1 heterocycles. The van der Waals surface area contributed by atoms with E-state index in [1.807, 2.05) is 23.9 Å². The van der Waals surface area contributed by atoms with Crippen molar-refractivity contribution in [3.63, 3.8) is 0 Å². The number of nitrogens with one attached hydrogen (secondary N) is 1. The van der Waals surface area contributed by atoms with Crippen LogP contribution in [0.4, 0.5) is 0 Å². The molecule has 0 spiro atoms. The Balaban J connectivity index is 2.01. The van der Waals surface area contributed by atoms with Gasteiger partial charge in [-0.2, -0.15) is 17.0 Å². The smallest absolute Gasteiger partial charge is 0.110 e. The van der Waals surface area contributed by atoms with Crippen molar-refractivity contribution in [2.45, 2.75) is 13.0 Å². The molecular formula is C11H16N2OS2. The molecule has 0 radical (unpaired) electrons. The van der Waals surface area contributed by atoms with E-state index in [4.69, 9.17) is 10.4 Å². The zero-order valence-electron chi connectivity index (χ0n) is 9.11. The first kappa shape index (κ1) is 13.5. The van der Waals surface area contributed by atoms with Crippen LogP contribution in [0.2, 0.25) is 0 Å². The van der Waals surface area contributed by atoms with Crippen LogP contribution in [0.25, 0.3) is 0 Å². The molecule has 0 bridgehead atoms. The fraction of sp³-hybridized carbons (Fsp3) is 0.545. The molecule has 0 amide bonds. The molecule has 0 aromatic carbocycles. The molecule has 0 saturated heterocycles. The molecule has 1 aromatic rings. The van der Waals surface area contributed by atoms with Crippen molar-refractivity contribution in [1.82, 2.24) is 5.32 Å². The summed E-state index contributed by atoms with van der Waals surface area (Å²) in [4.78, 5) is 1.98. The SMILES string of the molecule is N#Cc1ccc(CNCCSCCCO)s1. The van der Waals surface area contributed by atoms with Gasteiger partial charge in [0.2, 0.25) is 0 Å². The molecule has 2 N–H and O–H groups in total. The summed E-state index contributed by atoms with van der Waals surface area (Å²) in [5, 5.41) is 20.6. The van der Waals surface area contributed by atoms with Crippen molar-refractivity contribution in [3.05, 3.63) is 21.9 Å². The van der Waals surface area contributed by atoms with Crippen molar-refractivity contribution in [3.8, 4) is 6.07 Å². The van der Waals surface area contributed by atoms with Crippen LogP contribution in [0.3, 0.4) is 0 Å². The summed E-state index contributed by atoms with van der Waals surface area (Å²) >= 11 is 3.39. The highest BCUT2D eigenvalue weighted by atomic mass is 32.2. The number of aliphatic hydroxyl groups excluding tert-OH is 1. The molecule has 5 heteroatoms. The van der Waals surface area contributed by atoms with E-state index < -0.39 is 0 Å². The van der Waals surface area contributed by atoms with E-state index in [0.717, 1.165) is 35.9 Å². The summed E-state index contributed by atoms with van der Waals surface area (Å²) < 4.78 is 0. The second kappa shape index (κ2) is 8.59. The number of hydrogen-bond donors (Lipinski definition) is 2. The summed E-state index contributed by atoms with van der Waals surface area (Å²) in [6.07, 6.45) is 0.876. The summed E-state index contributed by atoms with van der Waals surface area (Å²) in [5.41, 5.74) is 0. The molecule has 1 aromatic heterocycles. The minimum atomic E-state index is 0.284.